The summed E-state index contributed by atoms with van der Waals surface area (Å²) in [6.45, 7) is 16.5. The second kappa shape index (κ2) is 16.3. The van der Waals surface area contributed by atoms with Crippen LogP contribution in [-0.2, 0) is 23.9 Å². The minimum Gasteiger partial charge on any atom is -0.480 e. The van der Waals surface area contributed by atoms with E-state index in [9.17, 15) is 24.3 Å². The molecule has 5 unspecified atom stereocenters. The SMILES string of the molecule is CCC(C)CC(=O)Oc1ccc(C(C(C)C(C)OC(=O)OC(C)(C)CC)[C@H](N)C(=O)O)cc1OC(=O)CC(C)CC. The summed E-state index contributed by atoms with van der Waals surface area (Å²) in [5, 5.41) is 9.82. The van der Waals surface area contributed by atoms with Crippen molar-refractivity contribution in [3.8, 4) is 11.5 Å². The van der Waals surface area contributed by atoms with Crippen molar-refractivity contribution >= 4 is 24.1 Å². The molecule has 0 heterocycles. The van der Waals surface area contributed by atoms with Gasteiger partial charge in [-0.05, 0) is 56.7 Å². The summed E-state index contributed by atoms with van der Waals surface area (Å²) in [5.74, 6) is -3.51. The predicted molar refractivity (Wildman–Crippen MR) is 155 cm³/mol. The fourth-order valence-electron chi connectivity index (χ4n) is 3.95. The summed E-state index contributed by atoms with van der Waals surface area (Å²) in [6, 6.07) is 3.12. The number of aliphatic carboxylic acids is 1. The minimum absolute atomic E-state index is 0.0132. The van der Waals surface area contributed by atoms with Gasteiger partial charge >= 0.3 is 24.1 Å². The highest BCUT2D eigenvalue weighted by molar-refractivity contribution is 5.77. The van der Waals surface area contributed by atoms with Crippen LogP contribution in [-0.4, -0.2) is 46.9 Å². The average molecular weight is 580 g/mol. The van der Waals surface area contributed by atoms with Gasteiger partial charge in [0.05, 0.1) is 0 Å². The molecule has 0 aliphatic heterocycles. The number of hydrogen-bond acceptors (Lipinski definition) is 9. The monoisotopic (exact) mass is 579 g/mol. The van der Waals surface area contributed by atoms with Gasteiger partial charge in [-0.15, -0.1) is 0 Å². The number of carbonyl (C=O) groups excluding carboxylic acids is 3. The molecule has 10 heteroatoms. The van der Waals surface area contributed by atoms with Gasteiger partial charge in [-0.25, -0.2) is 4.79 Å². The quantitative estimate of drug-likeness (QED) is 0.170. The van der Waals surface area contributed by atoms with E-state index in [-0.39, 0.29) is 36.2 Å². The molecule has 0 amide bonds. The molecule has 10 nitrogen and oxygen atoms in total. The van der Waals surface area contributed by atoms with E-state index >= 15 is 0 Å². The van der Waals surface area contributed by atoms with E-state index in [1.807, 2.05) is 34.6 Å². The largest absolute Gasteiger partial charge is 0.509 e. The Hall–Kier alpha value is -3.14. The van der Waals surface area contributed by atoms with Gasteiger partial charge in [0.25, 0.3) is 0 Å². The van der Waals surface area contributed by atoms with E-state index in [1.165, 1.54) is 12.1 Å². The van der Waals surface area contributed by atoms with Gasteiger partial charge in [0.15, 0.2) is 11.5 Å². The first-order chi connectivity index (χ1) is 19.0. The first-order valence-electron chi connectivity index (χ1n) is 14.5. The van der Waals surface area contributed by atoms with E-state index in [0.29, 0.717) is 12.0 Å². The Morgan fingerprint density at radius 1 is 0.878 bits per heavy atom. The van der Waals surface area contributed by atoms with Crippen molar-refractivity contribution in [3.05, 3.63) is 23.8 Å². The van der Waals surface area contributed by atoms with Gasteiger partial charge < -0.3 is 29.8 Å². The topological polar surface area (TPSA) is 151 Å². The normalized spacial score (nSPS) is 16.0. The average Bonchev–Trinajstić information content (AvgIpc) is 2.89. The first kappa shape index (κ1) is 35.9. The number of esters is 2. The van der Waals surface area contributed by atoms with Crippen molar-refractivity contribution in [1.29, 1.82) is 0 Å². The highest BCUT2D eigenvalue weighted by atomic mass is 16.7. The number of hydrogen-bond donors (Lipinski definition) is 2. The summed E-state index contributed by atoms with van der Waals surface area (Å²) in [4.78, 5) is 49.7. The number of benzene rings is 1. The third-order valence-electron chi connectivity index (χ3n) is 7.70. The molecule has 232 valence electrons. The van der Waals surface area contributed by atoms with Gasteiger partial charge in [0.1, 0.15) is 17.7 Å². The van der Waals surface area contributed by atoms with Crippen LogP contribution in [0.4, 0.5) is 4.79 Å². The standard InChI is InChI=1S/C31H49NO9/c1-10-18(4)15-25(33)39-23-14-13-22(17-24(23)40-26(34)16-19(5)11-2)27(28(32)29(35)36)20(6)21(7)38-30(37)41-31(8,9)12-3/h13-14,17-21,27-28H,10-12,15-16,32H2,1-9H3,(H,35,36)/t18?,19?,20?,21?,27?,28-/m0/s1. The van der Waals surface area contributed by atoms with Crippen molar-refractivity contribution in [2.24, 2.45) is 23.5 Å². The van der Waals surface area contributed by atoms with Crippen LogP contribution in [0.25, 0.3) is 0 Å². The number of ether oxygens (including phenoxy) is 4. The smallest absolute Gasteiger partial charge is 0.480 e. The van der Waals surface area contributed by atoms with Gasteiger partial charge in [-0.3, -0.25) is 14.4 Å². The molecule has 0 aliphatic carbocycles. The van der Waals surface area contributed by atoms with Crippen LogP contribution in [0, 0.1) is 17.8 Å². The van der Waals surface area contributed by atoms with Crippen molar-refractivity contribution in [1.82, 2.24) is 0 Å². The molecule has 1 aromatic rings. The zero-order chi connectivity index (χ0) is 31.5. The highest BCUT2D eigenvalue weighted by Gasteiger charge is 2.36. The van der Waals surface area contributed by atoms with Crippen molar-refractivity contribution in [2.75, 3.05) is 0 Å². The maximum atomic E-state index is 12.7. The minimum atomic E-state index is -1.39. The summed E-state index contributed by atoms with van der Waals surface area (Å²) in [5.41, 5.74) is 5.83. The summed E-state index contributed by atoms with van der Waals surface area (Å²) in [7, 11) is 0. The van der Waals surface area contributed by atoms with Gasteiger partial charge in [0, 0.05) is 24.7 Å². The van der Waals surface area contributed by atoms with Crippen LogP contribution < -0.4 is 15.2 Å². The molecule has 0 fully saturated rings. The Labute approximate surface area is 244 Å². The third kappa shape index (κ3) is 11.7. The molecule has 0 aromatic heterocycles. The van der Waals surface area contributed by atoms with Crippen molar-refractivity contribution < 1.29 is 43.2 Å². The van der Waals surface area contributed by atoms with Gasteiger partial charge in [-0.1, -0.05) is 60.5 Å². The van der Waals surface area contributed by atoms with Crippen LogP contribution in [0.3, 0.4) is 0 Å². The molecular weight excluding hydrogens is 530 g/mol. The van der Waals surface area contributed by atoms with E-state index in [1.54, 1.807) is 33.8 Å². The molecule has 0 spiro atoms. The molecule has 1 rings (SSSR count). The molecule has 0 saturated heterocycles. The Morgan fingerprint density at radius 2 is 1.39 bits per heavy atom. The van der Waals surface area contributed by atoms with E-state index in [4.69, 9.17) is 24.7 Å². The molecule has 6 atom stereocenters. The summed E-state index contributed by atoms with van der Waals surface area (Å²) in [6.07, 6.45) is 0.816. The Morgan fingerprint density at radius 3 is 1.85 bits per heavy atom. The Kier molecular flexibility index (Phi) is 14.3. The number of carboxylic acids is 1. The van der Waals surface area contributed by atoms with Gasteiger partial charge in [-0.2, -0.15) is 0 Å². The molecule has 0 radical (unpaired) electrons. The molecule has 3 N–H and O–H groups in total. The second-order valence-corrected chi connectivity index (χ2v) is 11.6. The molecule has 41 heavy (non-hydrogen) atoms. The summed E-state index contributed by atoms with van der Waals surface area (Å²) >= 11 is 0. The molecule has 0 bridgehead atoms. The lowest BCUT2D eigenvalue weighted by Crippen LogP contribution is -2.43. The van der Waals surface area contributed by atoms with Crippen LogP contribution in [0.2, 0.25) is 0 Å². The zero-order valence-corrected chi connectivity index (χ0v) is 26.0. The highest BCUT2D eigenvalue weighted by Crippen LogP contribution is 2.38. The third-order valence-corrected chi connectivity index (χ3v) is 7.70. The number of carbonyl (C=O) groups is 4. The fraction of sp³-hybridized carbons (Fsp3) is 0.677. The van der Waals surface area contributed by atoms with Crippen molar-refractivity contribution in [2.45, 2.75) is 118 Å². The Bertz CT molecular complexity index is 1040. The van der Waals surface area contributed by atoms with E-state index in [0.717, 1.165) is 12.8 Å². The maximum Gasteiger partial charge on any atom is 0.509 e. The second-order valence-electron chi connectivity index (χ2n) is 11.6. The van der Waals surface area contributed by atoms with Gasteiger partial charge in [0.2, 0.25) is 0 Å². The lowest BCUT2D eigenvalue weighted by atomic mass is 9.79. The molecular formula is C31H49NO9. The van der Waals surface area contributed by atoms with E-state index in [2.05, 4.69) is 0 Å². The number of carboxylic acid groups (broad SMARTS) is 1. The molecule has 0 saturated carbocycles. The zero-order valence-electron chi connectivity index (χ0n) is 26.0. The van der Waals surface area contributed by atoms with Crippen LogP contribution >= 0.6 is 0 Å². The Balaban J connectivity index is 3.44. The first-order valence-corrected chi connectivity index (χ1v) is 14.5. The fourth-order valence-corrected chi connectivity index (χ4v) is 3.95. The van der Waals surface area contributed by atoms with Crippen molar-refractivity contribution in [3.63, 3.8) is 0 Å². The molecule has 1 aromatic carbocycles. The summed E-state index contributed by atoms with van der Waals surface area (Å²) < 4.78 is 22.1. The number of nitrogens with two attached hydrogens (primary N) is 1. The van der Waals surface area contributed by atoms with Crippen LogP contribution in [0.15, 0.2) is 18.2 Å². The lowest BCUT2D eigenvalue weighted by molar-refractivity contribution is -0.140. The maximum absolute atomic E-state index is 12.7. The van der Waals surface area contributed by atoms with Crippen LogP contribution in [0.1, 0.15) is 106 Å². The lowest BCUT2D eigenvalue weighted by Gasteiger charge is -2.32. The number of rotatable bonds is 16. The van der Waals surface area contributed by atoms with Crippen LogP contribution in [0.5, 0.6) is 11.5 Å². The molecule has 0 aliphatic rings. The predicted octanol–water partition coefficient (Wildman–Crippen LogP) is 6.23. The van der Waals surface area contributed by atoms with E-state index < -0.39 is 53.6 Å².